The number of halogens is 1. The van der Waals surface area contributed by atoms with Crippen LogP contribution in [0.2, 0.25) is 0 Å². The lowest BCUT2D eigenvalue weighted by atomic mass is 10.2. The van der Waals surface area contributed by atoms with Crippen LogP contribution >= 0.6 is 15.9 Å². The average Bonchev–Trinajstić information content (AvgIpc) is 2.88. The number of rotatable bonds is 4. The van der Waals surface area contributed by atoms with Crippen LogP contribution in [0.15, 0.2) is 35.1 Å². The van der Waals surface area contributed by atoms with Crippen molar-refractivity contribution in [1.29, 1.82) is 0 Å². The number of nitrogens with zero attached hydrogens (tertiary/aromatic N) is 3. The molecule has 0 N–H and O–H groups in total. The minimum atomic E-state index is -0.515. The van der Waals surface area contributed by atoms with Crippen molar-refractivity contribution in [1.82, 2.24) is 9.78 Å². The van der Waals surface area contributed by atoms with Crippen molar-refractivity contribution in [3.05, 3.63) is 50.7 Å². The third-order valence-corrected chi connectivity index (χ3v) is 2.97. The fraction of sp³-hybridized carbons (Fsp3) is 0.167. The largest absolute Gasteiger partial charge is 0.462 e. The van der Waals surface area contributed by atoms with Gasteiger partial charge in [0.05, 0.1) is 23.3 Å². The Hall–Kier alpha value is -2.22. The van der Waals surface area contributed by atoms with Gasteiger partial charge in [-0.2, -0.15) is 5.10 Å². The van der Waals surface area contributed by atoms with Crippen LogP contribution in [-0.2, 0) is 4.74 Å². The number of carbonyl (C=O) groups excluding carboxylic acids is 1. The van der Waals surface area contributed by atoms with Gasteiger partial charge in [0.1, 0.15) is 5.69 Å². The van der Waals surface area contributed by atoms with Crippen molar-refractivity contribution in [3.8, 4) is 5.69 Å². The highest BCUT2D eigenvalue weighted by Crippen LogP contribution is 2.26. The lowest BCUT2D eigenvalue weighted by Gasteiger charge is -2.03. The van der Waals surface area contributed by atoms with Crippen LogP contribution in [0.5, 0.6) is 0 Å². The minimum Gasteiger partial charge on any atom is -0.462 e. The Morgan fingerprint density at radius 3 is 2.95 bits per heavy atom. The van der Waals surface area contributed by atoms with Crippen molar-refractivity contribution in [3.63, 3.8) is 0 Å². The standard InChI is InChI=1S/C12H10BrN3O4/c1-2-20-12(17)8-6-14-15(7-8)10-4-3-9(13)5-11(10)16(18)19/h3-7H,2H2,1H3. The molecule has 0 unspecified atom stereocenters. The van der Waals surface area contributed by atoms with Crippen LogP contribution in [0.25, 0.3) is 5.69 Å². The first-order valence-electron chi connectivity index (χ1n) is 5.69. The summed E-state index contributed by atoms with van der Waals surface area (Å²) >= 11 is 3.18. The van der Waals surface area contributed by atoms with Crippen molar-refractivity contribution in [2.75, 3.05) is 6.61 Å². The van der Waals surface area contributed by atoms with Crippen molar-refractivity contribution >= 4 is 27.6 Å². The molecule has 0 amide bonds. The van der Waals surface area contributed by atoms with Gasteiger partial charge < -0.3 is 4.74 Å². The Balaban J connectivity index is 2.42. The molecule has 0 atom stereocenters. The zero-order valence-corrected chi connectivity index (χ0v) is 12.0. The van der Waals surface area contributed by atoms with Crippen LogP contribution in [0, 0.1) is 10.1 Å². The number of carbonyl (C=O) groups is 1. The molecule has 0 aliphatic carbocycles. The van der Waals surface area contributed by atoms with Gasteiger partial charge in [-0.05, 0) is 19.1 Å². The fourth-order valence-corrected chi connectivity index (χ4v) is 1.96. The summed E-state index contributed by atoms with van der Waals surface area (Å²) in [5.41, 5.74) is 0.399. The molecular weight excluding hydrogens is 330 g/mol. The van der Waals surface area contributed by atoms with Crippen molar-refractivity contribution in [2.45, 2.75) is 6.92 Å². The van der Waals surface area contributed by atoms with Gasteiger partial charge in [0, 0.05) is 16.7 Å². The predicted octanol–water partition coefficient (Wildman–Crippen LogP) is 2.72. The summed E-state index contributed by atoms with van der Waals surface area (Å²) in [5, 5.41) is 15.0. The molecule has 2 aromatic rings. The SMILES string of the molecule is CCOC(=O)c1cnn(-c2ccc(Br)cc2[N+](=O)[O-])c1. The van der Waals surface area contributed by atoms with E-state index < -0.39 is 10.9 Å². The molecule has 1 aromatic heterocycles. The van der Waals surface area contributed by atoms with Gasteiger partial charge >= 0.3 is 5.97 Å². The lowest BCUT2D eigenvalue weighted by Crippen LogP contribution is -2.03. The van der Waals surface area contributed by atoms with Gasteiger partial charge in [-0.3, -0.25) is 10.1 Å². The molecule has 104 valence electrons. The number of hydrogen-bond acceptors (Lipinski definition) is 5. The molecule has 8 heteroatoms. The van der Waals surface area contributed by atoms with Crippen LogP contribution < -0.4 is 0 Å². The van der Waals surface area contributed by atoms with E-state index in [1.54, 1.807) is 19.1 Å². The Labute approximate surface area is 122 Å². The molecule has 0 spiro atoms. The van der Waals surface area contributed by atoms with Crippen molar-refractivity contribution < 1.29 is 14.5 Å². The Morgan fingerprint density at radius 1 is 1.55 bits per heavy atom. The highest BCUT2D eigenvalue weighted by atomic mass is 79.9. The summed E-state index contributed by atoms with van der Waals surface area (Å²) in [7, 11) is 0. The first-order chi connectivity index (χ1) is 9.52. The minimum absolute atomic E-state index is 0.113. The highest BCUT2D eigenvalue weighted by Gasteiger charge is 2.18. The summed E-state index contributed by atoms with van der Waals surface area (Å²) in [6, 6.07) is 4.58. The first kappa shape index (κ1) is 14.2. The zero-order valence-electron chi connectivity index (χ0n) is 10.4. The van der Waals surface area contributed by atoms with Gasteiger partial charge in [-0.25, -0.2) is 9.48 Å². The Morgan fingerprint density at radius 2 is 2.30 bits per heavy atom. The number of ether oxygens (including phenoxy) is 1. The van der Waals surface area contributed by atoms with E-state index in [0.717, 1.165) is 0 Å². The van der Waals surface area contributed by atoms with Crippen molar-refractivity contribution in [2.24, 2.45) is 0 Å². The molecule has 0 saturated heterocycles. The molecule has 20 heavy (non-hydrogen) atoms. The van der Waals surface area contributed by atoms with E-state index >= 15 is 0 Å². The topological polar surface area (TPSA) is 87.3 Å². The smallest absolute Gasteiger partial charge is 0.341 e. The number of benzene rings is 1. The molecule has 1 heterocycles. The van der Waals surface area contributed by atoms with Crippen LogP contribution in [-0.4, -0.2) is 27.3 Å². The van der Waals surface area contributed by atoms with E-state index in [9.17, 15) is 14.9 Å². The van der Waals surface area contributed by atoms with E-state index in [2.05, 4.69) is 21.0 Å². The highest BCUT2D eigenvalue weighted by molar-refractivity contribution is 9.10. The maximum absolute atomic E-state index is 11.5. The van der Waals surface area contributed by atoms with Gasteiger partial charge in [-0.1, -0.05) is 15.9 Å². The molecule has 0 bridgehead atoms. The summed E-state index contributed by atoms with van der Waals surface area (Å²) in [6.07, 6.45) is 2.71. The number of nitro benzene ring substituents is 1. The third-order valence-electron chi connectivity index (χ3n) is 2.47. The summed E-state index contributed by atoms with van der Waals surface area (Å²) in [5.74, 6) is -0.515. The summed E-state index contributed by atoms with van der Waals surface area (Å²) in [4.78, 5) is 22.1. The van der Waals surface area contributed by atoms with E-state index in [0.29, 0.717) is 4.47 Å². The number of aromatic nitrogens is 2. The van der Waals surface area contributed by atoms with E-state index in [4.69, 9.17) is 4.74 Å². The lowest BCUT2D eigenvalue weighted by molar-refractivity contribution is -0.384. The van der Waals surface area contributed by atoms with E-state index in [-0.39, 0.29) is 23.5 Å². The quantitative estimate of drug-likeness (QED) is 0.485. The third kappa shape index (κ3) is 2.85. The first-order valence-corrected chi connectivity index (χ1v) is 6.48. The Bertz CT molecular complexity index is 668. The molecule has 1 aromatic carbocycles. The second-order valence-electron chi connectivity index (χ2n) is 3.78. The number of esters is 1. The van der Waals surface area contributed by atoms with Gasteiger partial charge in [0.25, 0.3) is 5.69 Å². The van der Waals surface area contributed by atoms with Crippen LogP contribution in [0.4, 0.5) is 5.69 Å². The van der Waals surface area contributed by atoms with Gasteiger partial charge in [0.2, 0.25) is 0 Å². The summed E-state index contributed by atoms with van der Waals surface area (Å²) in [6.45, 7) is 1.95. The zero-order chi connectivity index (χ0) is 14.7. The molecule has 0 fully saturated rings. The average molecular weight is 340 g/mol. The monoisotopic (exact) mass is 339 g/mol. The molecule has 0 radical (unpaired) electrons. The molecule has 2 rings (SSSR count). The number of hydrogen-bond donors (Lipinski definition) is 0. The Kier molecular flexibility index (Phi) is 4.14. The molecular formula is C12H10BrN3O4. The second-order valence-corrected chi connectivity index (χ2v) is 4.70. The second kappa shape index (κ2) is 5.83. The number of nitro groups is 1. The normalized spacial score (nSPS) is 10.3. The molecule has 0 saturated carbocycles. The molecule has 0 aliphatic heterocycles. The summed E-state index contributed by atoms with van der Waals surface area (Å²) < 4.78 is 6.70. The van der Waals surface area contributed by atoms with Crippen LogP contribution in [0.3, 0.4) is 0 Å². The predicted molar refractivity (Wildman–Crippen MR) is 73.9 cm³/mol. The maximum atomic E-state index is 11.5. The van der Waals surface area contributed by atoms with E-state index in [1.807, 2.05) is 0 Å². The molecule has 0 aliphatic rings. The van der Waals surface area contributed by atoms with Gasteiger partial charge in [-0.15, -0.1) is 0 Å². The maximum Gasteiger partial charge on any atom is 0.341 e. The fourth-order valence-electron chi connectivity index (χ4n) is 1.61. The van der Waals surface area contributed by atoms with Crippen LogP contribution in [0.1, 0.15) is 17.3 Å². The van der Waals surface area contributed by atoms with E-state index in [1.165, 1.54) is 23.1 Å². The van der Waals surface area contributed by atoms with Gasteiger partial charge in [0.15, 0.2) is 0 Å². The molecule has 7 nitrogen and oxygen atoms in total.